The van der Waals surface area contributed by atoms with E-state index in [9.17, 15) is 17.8 Å². The minimum atomic E-state index is -4.60. The van der Waals surface area contributed by atoms with Gasteiger partial charge in [0, 0.05) is 11.6 Å². The first-order chi connectivity index (χ1) is 10.6. The molecule has 0 atom stereocenters. The first kappa shape index (κ1) is 19.4. The molecular weight excluding hydrogens is 637 g/mol. The largest absolute Gasteiger partial charge is 0.744 e. The number of hydrogen-bond acceptors (Lipinski definition) is 5. The van der Waals surface area contributed by atoms with E-state index in [4.69, 9.17) is 16.3 Å². The Morgan fingerprint density at radius 1 is 1.17 bits per heavy atom. The van der Waals surface area contributed by atoms with Crippen LogP contribution in [0.3, 0.4) is 0 Å². The third-order valence-electron chi connectivity index (χ3n) is 2.58. The normalized spacial score (nSPS) is 11.3. The van der Waals surface area contributed by atoms with E-state index in [-0.39, 0.29) is 28.4 Å². The van der Waals surface area contributed by atoms with Crippen molar-refractivity contribution in [2.24, 2.45) is 0 Å². The molecule has 2 aromatic rings. The van der Waals surface area contributed by atoms with Gasteiger partial charge in [0.1, 0.15) is 15.9 Å². The van der Waals surface area contributed by atoms with Crippen molar-refractivity contribution >= 4 is 88.8 Å². The van der Waals surface area contributed by atoms with Crippen molar-refractivity contribution in [3.05, 3.63) is 52.5 Å². The van der Waals surface area contributed by atoms with Crippen LogP contribution in [0.15, 0.2) is 39.7 Å². The predicted molar refractivity (Wildman–Crippen MR) is 104 cm³/mol. The van der Waals surface area contributed by atoms with E-state index in [0.717, 1.165) is 0 Å². The second kappa shape index (κ2) is 7.52. The Morgan fingerprint density at radius 3 is 2.22 bits per heavy atom. The van der Waals surface area contributed by atoms with Crippen LogP contribution in [0.4, 0.5) is 0 Å². The van der Waals surface area contributed by atoms with Gasteiger partial charge in [-0.1, -0.05) is 27.5 Å². The van der Waals surface area contributed by atoms with Crippen molar-refractivity contribution in [1.82, 2.24) is 0 Å². The quantitative estimate of drug-likeness (QED) is 0.214. The molecule has 0 saturated carbocycles. The highest BCUT2D eigenvalue weighted by atomic mass is 127. The van der Waals surface area contributed by atoms with E-state index in [0.29, 0.717) is 4.47 Å². The summed E-state index contributed by atoms with van der Waals surface area (Å²) in [5.74, 6) is -0.568. The fourth-order valence-electron chi connectivity index (χ4n) is 1.65. The van der Waals surface area contributed by atoms with Crippen molar-refractivity contribution in [3.8, 4) is 5.75 Å². The molecular formula is C13H5BrClI2O5S-. The van der Waals surface area contributed by atoms with Gasteiger partial charge in [0.05, 0.1) is 15.5 Å². The van der Waals surface area contributed by atoms with Crippen LogP contribution in [0.2, 0.25) is 5.02 Å². The Morgan fingerprint density at radius 2 is 1.74 bits per heavy atom. The van der Waals surface area contributed by atoms with Gasteiger partial charge in [-0.05, 0) is 75.5 Å². The molecule has 10 heteroatoms. The molecule has 0 saturated heterocycles. The zero-order valence-electron chi connectivity index (χ0n) is 10.8. The molecule has 2 rings (SSSR count). The van der Waals surface area contributed by atoms with E-state index >= 15 is 0 Å². The lowest BCUT2D eigenvalue weighted by Gasteiger charge is -2.13. The Hall–Kier alpha value is 0.0500. The number of ether oxygens (including phenoxy) is 1. The molecule has 0 unspecified atom stereocenters. The summed E-state index contributed by atoms with van der Waals surface area (Å²) in [5.41, 5.74) is 0.167. The summed E-state index contributed by atoms with van der Waals surface area (Å²) >= 11 is 12.6. The predicted octanol–water partition coefficient (Wildman–Crippen LogP) is 4.44. The molecule has 122 valence electrons. The van der Waals surface area contributed by atoms with Gasteiger partial charge < -0.3 is 9.29 Å². The van der Waals surface area contributed by atoms with Crippen LogP contribution in [0.5, 0.6) is 5.75 Å². The highest BCUT2D eigenvalue weighted by molar-refractivity contribution is 14.1. The maximum Gasteiger partial charge on any atom is 0.345 e. The van der Waals surface area contributed by atoms with E-state index in [1.165, 1.54) is 18.2 Å². The molecule has 0 aliphatic rings. The zero-order chi connectivity index (χ0) is 17.4. The Kier molecular flexibility index (Phi) is 6.33. The third kappa shape index (κ3) is 4.78. The van der Waals surface area contributed by atoms with Crippen LogP contribution in [-0.2, 0) is 10.1 Å². The molecule has 0 aliphatic carbocycles. The van der Waals surface area contributed by atoms with Gasteiger partial charge in [-0.15, -0.1) is 0 Å². The van der Waals surface area contributed by atoms with Crippen LogP contribution < -0.4 is 4.74 Å². The number of esters is 1. The average molecular weight is 642 g/mol. The summed E-state index contributed by atoms with van der Waals surface area (Å²) in [6, 6.07) is 7.30. The first-order valence-electron chi connectivity index (χ1n) is 5.72. The number of rotatable bonds is 3. The van der Waals surface area contributed by atoms with Crippen molar-refractivity contribution in [1.29, 1.82) is 0 Å². The molecule has 0 amide bonds. The van der Waals surface area contributed by atoms with Crippen molar-refractivity contribution < 1.29 is 22.5 Å². The SMILES string of the molecule is O=C(Oc1cc(I)c(S(=O)(=O)[O-])c(I)c1)c1ccc(Br)cc1Cl. The number of carbonyl (C=O) groups excluding carboxylic acids is 1. The fourth-order valence-corrected chi connectivity index (χ4v) is 6.33. The minimum Gasteiger partial charge on any atom is -0.744 e. The molecule has 2 aromatic carbocycles. The Labute approximate surface area is 172 Å². The van der Waals surface area contributed by atoms with Crippen molar-refractivity contribution in [3.63, 3.8) is 0 Å². The monoisotopic (exact) mass is 641 g/mol. The molecule has 0 spiro atoms. The molecule has 5 nitrogen and oxygen atoms in total. The summed E-state index contributed by atoms with van der Waals surface area (Å²) in [4.78, 5) is 11.8. The molecule has 0 N–H and O–H groups in total. The van der Waals surface area contributed by atoms with Gasteiger partial charge in [-0.25, -0.2) is 13.2 Å². The fraction of sp³-hybridized carbons (Fsp3) is 0. The Bertz CT molecular complexity index is 878. The molecule has 0 aliphatic heterocycles. The van der Waals surface area contributed by atoms with Gasteiger partial charge in [0.25, 0.3) is 0 Å². The van der Waals surface area contributed by atoms with Crippen molar-refractivity contribution in [2.75, 3.05) is 0 Å². The minimum absolute atomic E-state index is 0.121. The lowest BCUT2D eigenvalue weighted by atomic mass is 10.2. The number of halogens is 4. The number of carbonyl (C=O) groups is 1. The van der Waals surface area contributed by atoms with E-state index in [1.807, 2.05) is 0 Å². The summed E-state index contributed by atoms with van der Waals surface area (Å²) in [7, 11) is -4.60. The number of hydrogen-bond donors (Lipinski definition) is 0. The molecule has 0 heterocycles. The molecule has 0 radical (unpaired) electrons. The van der Waals surface area contributed by atoms with Crippen LogP contribution in [0, 0.1) is 7.14 Å². The summed E-state index contributed by atoms with van der Waals surface area (Å²) < 4.78 is 39.9. The van der Waals surface area contributed by atoms with Gasteiger partial charge in [0.2, 0.25) is 0 Å². The van der Waals surface area contributed by atoms with Crippen LogP contribution >= 0.6 is 72.7 Å². The lowest BCUT2D eigenvalue weighted by Crippen LogP contribution is -2.11. The Balaban J connectivity index is 2.36. The number of benzene rings is 2. The molecule has 0 bridgehead atoms. The van der Waals surface area contributed by atoms with E-state index in [2.05, 4.69) is 15.9 Å². The van der Waals surface area contributed by atoms with Gasteiger partial charge in [-0.2, -0.15) is 0 Å². The van der Waals surface area contributed by atoms with Crippen molar-refractivity contribution in [2.45, 2.75) is 4.90 Å². The molecule has 0 fully saturated rings. The maximum absolute atomic E-state index is 12.1. The van der Waals surface area contributed by atoms with Gasteiger partial charge in [0.15, 0.2) is 0 Å². The molecule has 0 aromatic heterocycles. The summed E-state index contributed by atoms with van der Waals surface area (Å²) in [6.07, 6.45) is 0. The highest BCUT2D eigenvalue weighted by Gasteiger charge is 2.17. The van der Waals surface area contributed by atoms with E-state index in [1.54, 1.807) is 57.3 Å². The smallest absolute Gasteiger partial charge is 0.345 e. The standard InChI is InChI=1S/C13H6BrClI2O5S/c14-6-1-2-8(9(15)3-6)13(18)22-7-4-10(16)12(11(17)5-7)23(19,20)21/h1-5H,(H,19,20,21)/p-1. The lowest BCUT2D eigenvalue weighted by molar-refractivity contribution is 0.0734. The van der Waals surface area contributed by atoms with Crippen LogP contribution in [-0.4, -0.2) is 18.9 Å². The van der Waals surface area contributed by atoms with Gasteiger partial charge >= 0.3 is 5.97 Å². The zero-order valence-corrected chi connectivity index (χ0v) is 18.3. The maximum atomic E-state index is 12.1. The summed E-state index contributed by atoms with van der Waals surface area (Å²) in [5, 5.41) is 0.215. The summed E-state index contributed by atoms with van der Waals surface area (Å²) in [6.45, 7) is 0. The topological polar surface area (TPSA) is 83.5 Å². The van der Waals surface area contributed by atoms with E-state index < -0.39 is 16.1 Å². The third-order valence-corrected chi connectivity index (χ3v) is 6.76. The first-order valence-corrected chi connectivity index (χ1v) is 10.5. The molecule has 23 heavy (non-hydrogen) atoms. The van der Waals surface area contributed by atoms with Crippen LogP contribution in [0.25, 0.3) is 0 Å². The van der Waals surface area contributed by atoms with Gasteiger partial charge in [-0.3, -0.25) is 0 Å². The highest BCUT2D eigenvalue weighted by Crippen LogP contribution is 2.30. The second-order valence-corrected chi connectivity index (χ2v) is 9.15. The second-order valence-electron chi connectivity index (χ2n) is 4.18. The van der Waals surface area contributed by atoms with Crippen LogP contribution in [0.1, 0.15) is 10.4 Å². The average Bonchev–Trinajstić information content (AvgIpc) is 2.35.